The zero-order valence-electron chi connectivity index (χ0n) is 30.0. The minimum Gasteiger partial charge on any atom is -0.458 e. The summed E-state index contributed by atoms with van der Waals surface area (Å²) < 4.78 is 30.8. The normalized spacial score (nSPS) is 37.7. The van der Waals surface area contributed by atoms with E-state index in [0.29, 0.717) is 45.3 Å². The van der Waals surface area contributed by atoms with Crippen LogP contribution in [0.5, 0.6) is 0 Å². The molecule has 0 aromatic carbocycles. The highest BCUT2D eigenvalue weighted by Crippen LogP contribution is 2.38. The third-order valence-electron chi connectivity index (χ3n) is 10.4. The number of likely N-dealkylation sites (N-methyl/N-ethyl adjacent to an activating group) is 2. The second kappa shape index (κ2) is 16.0. The van der Waals surface area contributed by atoms with Crippen LogP contribution in [0.2, 0.25) is 0 Å². The molecule has 0 aromatic rings. The molecule has 3 aliphatic heterocycles. The molecule has 4 unspecified atom stereocenters. The molecule has 0 aromatic heterocycles. The Kier molecular flexibility index (Phi) is 13.5. The summed E-state index contributed by atoms with van der Waals surface area (Å²) in [5.74, 6) is -0.589. The van der Waals surface area contributed by atoms with Crippen molar-refractivity contribution in [2.45, 2.75) is 154 Å². The molecular formula is C34H61N3O9. The molecule has 12 heteroatoms. The van der Waals surface area contributed by atoms with Crippen LogP contribution in [0.25, 0.3) is 0 Å². The van der Waals surface area contributed by atoms with Gasteiger partial charge in [-0.2, -0.15) is 0 Å². The van der Waals surface area contributed by atoms with Crippen LogP contribution < -0.4 is 5.32 Å². The van der Waals surface area contributed by atoms with Gasteiger partial charge in [0.05, 0.1) is 23.9 Å². The number of amides is 1. The number of alkyl carbamates (subject to hydrolysis) is 1. The monoisotopic (exact) mass is 655 g/mol. The number of aliphatic hydroxyl groups is 1. The molecular weight excluding hydrogens is 594 g/mol. The second-order valence-corrected chi connectivity index (χ2v) is 14.6. The summed E-state index contributed by atoms with van der Waals surface area (Å²) in [4.78, 5) is 42.1. The zero-order valence-corrected chi connectivity index (χ0v) is 30.0. The van der Waals surface area contributed by atoms with Crippen molar-refractivity contribution in [1.82, 2.24) is 15.1 Å². The number of esters is 1. The van der Waals surface area contributed by atoms with E-state index in [1.54, 1.807) is 6.92 Å². The molecule has 12 atom stereocenters. The van der Waals surface area contributed by atoms with Crippen molar-refractivity contribution >= 4 is 17.8 Å². The third-order valence-corrected chi connectivity index (χ3v) is 10.4. The van der Waals surface area contributed by atoms with Crippen LogP contribution in [0, 0.1) is 11.8 Å². The van der Waals surface area contributed by atoms with E-state index in [-0.39, 0.29) is 42.3 Å². The number of hydrogen-bond donors (Lipinski definition) is 2. The molecule has 0 aliphatic carbocycles. The Balaban J connectivity index is 1.79. The summed E-state index contributed by atoms with van der Waals surface area (Å²) in [6, 6.07) is -0.731. The summed E-state index contributed by atoms with van der Waals surface area (Å²) in [5, 5.41) is 14.2. The lowest BCUT2D eigenvalue weighted by molar-refractivity contribution is -0.298. The minimum atomic E-state index is -1.04. The van der Waals surface area contributed by atoms with E-state index in [2.05, 4.69) is 17.1 Å². The summed E-state index contributed by atoms with van der Waals surface area (Å²) >= 11 is 0. The van der Waals surface area contributed by atoms with Crippen molar-refractivity contribution in [2.24, 2.45) is 11.8 Å². The van der Waals surface area contributed by atoms with E-state index in [9.17, 15) is 19.5 Å². The van der Waals surface area contributed by atoms with Gasteiger partial charge in [0.1, 0.15) is 18.0 Å². The Bertz CT molecular complexity index is 1050. The number of carbonyl (C=O) groups excluding carboxylic acids is 3. The van der Waals surface area contributed by atoms with E-state index in [1.807, 2.05) is 67.6 Å². The van der Waals surface area contributed by atoms with E-state index in [1.165, 1.54) is 0 Å². The van der Waals surface area contributed by atoms with Crippen molar-refractivity contribution in [3.05, 3.63) is 0 Å². The van der Waals surface area contributed by atoms with E-state index in [0.717, 1.165) is 0 Å². The van der Waals surface area contributed by atoms with Crippen LogP contribution in [-0.2, 0) is 33.3 Å². The van der Waals surface area contributed by atoms with Gasteiger partial charge in [0.15, 0.2) is 11.9 Å². The van der Waals surface area contributed by atoms with Crippen LogP contribution in [0.15, 0.2) is 0 Å². The third kappa shape index (κ3) is 8.79. The van der Waals surface area contributed by atoms with E-state index in [4.69, 9.17) is 23.7 Å². The van der Waals surface area contributed by atoms with Gasteiger partial charge in [0, 0.05) is 44.0 Å². The average molecular weight is 656 g/mol. The maximum absolute atomic E-state index is 13.2. The smallest absolute Gasteiger partial charge is 0.408 e. The molecule has 3 fully saturated rings. The predicted octanol–water partition coefficient (Wildman–Crippen LogP) is 3.52. The van der Waals surface area contributed by atoms with E-state index >= 15 is 0 Å². The molecule has 0 saturated carbocycles. The average Bonchev–Trinajstić information content (AvgIpc) is 3.30. The number of carbonyl (C=O) groups is 3. The highest BCUT2D eigenvalue weighted by atomic mass is 16.7. The number of rotatable bonds is 13. The molecule has 46 heavy (non-hydrogen) atoms. The topological polar surface area (TPSA) is 136 Å². The quantitative estimate of drug-likeness (QED) is 0.282. The second-order valence-electron chi connectivity index (χ2n) is 14.6. The first-order chi connectivity index (χ1) is 21.5. The Labute approximate surface area is 276 Å². The molecule has 0 spiro atoms. The van der Waals surface area contributed by atoms with Crippen molar-refractivity contribution < 1.29 is 43.2 Å². The number of aliphatic hydroxyl groups excluding tert-OH is 1. The molecule has 0 radical (unpaired) electrons. The summed E-state index contributed by atoms with van der Waals surface area (Å²) in [6.45, 7) is 16.6. The van der Waals surface area contributed by atoms with Gasteiger partial charge in [0.25, 0.3) is 0 Å². The standard InChI is InChI=1S/C34H61N3O9/c1-12-26(44-27(39)13-2)34(8)29(35-32(41)46-34)23(6)37(11)19-20(3)18-33(7)30(22(5)25(38)15-14-16-42-33)45-31-28(40)24(36(9)10)17-21(4)43-31/h20-24,26,28-31,40H,12-19H2,1-11H3,(H,35,41)/t20-,21?,22+,23-,24?,26-,28?,29-,30-,31+,33?,34-/m1/s1. The molecule has 3 rings (SSSR count). The largest absolute Gasteiger partial charge is 0.458 e. The van der Waals surface area contributed by atoms with Gasteiger partial charge in [0.2, 0.25) is 0 Å². The predicted molar refractivity (Wildman–Crippen MR) is 173 cm³/mol. The van der Waals surface area contributed by atoms with Gasteiger partial charge in [-0.15, -0.1) is 0 Å². The molecule has 266 valence electrons. The van der Waals surface area contributed by atoms with Crippen LogP contribution >= 0.6 is 0 Å². The highest BCUT2D eigenvalue weighted by molar-refractivity contribution is 5.81. The number of nitrogens with one attached hydrogen (secondary N) is 1. The van der Waals surface area contributed by atoms with Gasteiger partial charge in [-0.3, -0.25) is 9.59 Å². The molecule has 1 amide bonds. The molecule has 3 aliphatic rings. The fraction of sp³-hybridized carbons (Fsp3) is 0.912. The van der Waals surface area contributed by atoms with Gasteiger partial charge in [-0.25, -0.2) is 4.79 Å². The zero-order chi connectivity index (χ0) is 34.6. The first-order valence-corrected chi connectivity index (χ1v) is 17.2. The lowest BCUT2D eigenvalue weighted by Crippen LogP contribution is -2.60. The van der Waals surface area contributed by atoms with Crippen LogP contribution in [-0.4, -0.2) is 127 Å². The van der Waals surface area contributed by atoms with Crippen LogP contribution in [0.3, 0.4) is 0 Å². The van der Waals surface area contributed by atoms with Gasteiger partial charge < -0.3 is 43.9 Å². The first-order valence-electron chi connectivity index (χ1n) is 17.2. The molecule has 3 heterocycles. The summed E-state index contributed by atoms with van der Waals surface area (Å²) in [7, 11) is 5.87. The van der Waals surface area contributed by atoms with Crippen molar-refractivity contribution in [3.8, 4) is 0 Å². The maximum Gasteiger partial charge on any atom is 0.408 e. The van der Waals surface area contributed by atoms with Crippen LogP contribution in [0.4, 0.5) is 4.79 Å². The van der Waals surface area contributed by atoms with E-state index < -0.39 is 53.9 Å². The molecule has 0 bridgehead atoms. The molecule has 12 nitrogen and oxygen atoms in total. The maximum atomic E-state index is 13.2. The molecule has 3 saturated heterocycles. The summed E-state index contributed by atoms with van der Waals surface area (Å²) in [5.41, 5.74) is -1.88. The Morgan fingerprint density at radius 2 is 1.83 bits per heavy atom. The lowest BCUT2D eigenvalue weighted by Gasteiger charge is -2.48. The fourth-order valence-electron chi connectivity index (χ4n) is 7.74. The molecule has 2 N–H and O–H groups in total. The highest BCUT2D eigenvalue weighted by Gasteiger charge is 2.55. The minimum absolute atomic E-state index is 0.0834. The fourth-order valence-corrected chi connectivity index (χ4v) is 7.74. The Morgan fingerprint density at radius 3 is 2.43 bits per heavy atom. The number of ether oxygens (including phenoxy) is 5. The van der Waals surface area contributed by atoms with Crippen molar-refractivity contribution in [1.29, 1.82) is 0 Å². The number of Topliss-reactive ketones (excluding diaryl/α,β-unsaturated/α-hetero) is 1. The van der Waals surface area contributed by atoms with Crippen LogP contribution in [0.1, 0.15) is 93.9 Å². The SMILES string of the molecule is CCC(=O)O[C@H](CC)[C@@]1(C)OC(=O)N[C@@H]1[C@@H](C)N(C)C[C@H](C)CC1(C)OCCCC(=O)[C@H](C)[C@H]1O[C@@H]1OC(C)CC(N(C)C)C1O. The lowest BCUT2D eigenvalue weighted by atomic mass is 9.78. The number of cyclic esters (lactones) is 1. The van der Waals surface area contributed by atoms with Crippen molar-refractivity contribution in [3.63, 3.8) is 0 Å². The van der Waals surface area contributed by atoms with Gasteiger partial charge in [-0.05, 0) is 80.4 Å². The number of nitrogens with zero attached hydrogens (tertiary/aromatic N) is 2. The summed E-state index contributed by atoms with van der Waals surface area (Å²) in [6.07, 6.45) is -0.604. The Hall–Kier alpha value is -1.83. The van der Waals surface area contributed by atoms with Crippen molar-refractivity contribution in [2.75, 3.05) is 34.3 Å². The number of ketones is 1. The Morgan fingerprint density at radius 1 is 1.15 bits per heavy atom. The number of hydrogen-bond acceptors (Lipinski definition) is 11. The van der Waals surface area contributed by atoms with Gasteiger partial charge in [-0.1, -0.05) is 27.7 Å². The van der Waals surface area contributed by atoms with Gasteiger partial charge >= 0.3 is 12.1 Å². The first kappa shape index (κ1) is 38.6.